The van der Waals surface area contributed by atoms with E-state index in [1.165, 1.54) is 6.26 Å². The number of aromatic nitrogens is 1. The Labute approximate surface area is 152 Å². The Hall–Kier alpha value is -2.25. The number of aryl methyl sites for hydroxylation is 1. The SMILES string of the molecule is CN(Cc1csc(-c2cccs2)n1)C(=O)c1coc2c1C(=O)CCC2. The highest BCUT2D eigenvalue weighted by Gasteiger charge is 2.29. The fourth-order valence-electron chi connectivity index (χ4n) is 2.99. The van der Waals surface area contributed by atoms with E-state index in [4.69, 9.17) is 4.42 Å². The summed E-state index contributed by atoms with van der Waals surface area (Å²) in [4.78, 5) is 32.2. The Kier molecular flexibility index (Phi) is 4.27. The van der Waals surface area contributed by atoms with Crippen molar-refractivity contribution in [3.05, 3.63) is 51.7 Å². The van der Waals surface area contributed by atoms with Crippen molar-refractivity contribution in [1.29, 1.82) is 0 Å². The van der Waals surface area contributed by atoms with Crippen molar-refractivity contribution in [3.63, 3.8) is 0 Å². The average molecular weight is 372 g/mol. The van der Waals surface area contributed by atoms with Gasteiger partial charge >= 0.3 is 0 Å². The molecule has 1 aliphatic rings. The fraction of sp³-hybridized carbons (Fsp3) is 0.278. The van der Waals surface area contributed by atoms with Gasteiger partial charge in [0, 0.05) is 25.3 Å². The Morgan fingerprint density at radius 2 is 2.24 bits per heavy atom. The van der Waals surface area contributed by atoms with Crippen LogP contribution in [0.25, 0.3) is 9.88 Å². The summed E-state index contributed by atoms with van der Waals surface area (Å²) in [6.07, 6.45) is 3.40. The first-order chi connectivity index (χ1) is 12.1. The molecule has 3 aromatic heterocycles. The summed E-state index contributed by atoms with van der Waals surface area (Å²) in [5, 5.41) is 4.95. The zero-order chi connectivity index (χ0) is 17.4. The van der Waals surface area contributed by atoms with E-state index in [9.17, 15) is 9.59 Å². The predicted molar refractivity (Wildman–Crippen MR) is 97.2 cm³/mol. The number of thiazole rings is 1. The molecule has 0 aliphatic heterocycles. The number of Topliss-reactive ketones (excluding diaryl/α,β-unsaturated/α-hetero) is 1. The largest absolute Gasteiger partial charge is 0.468 e. The molecule has 4 rings (SSSR count). The number of hydrogen-bond donors (Lipinski definition) is 0. The standard InChI is InChI=1S/C18H16N2O3S2/c1-20(8-11-10-25-17(19-11)15-6-3-7-24-15)18(22)12-9-23-14-5-2-4-13(21)16(12)14/h3,6-7,9-10H,2,4-5,8H2,1H3. The van der Waals surface area contributed by atoms with E-state index in [0.29, 0.717) is 36.3 Å². The average Bonchev–Trinajstić information content (AvgIpc) is 3.34. The molecule has 1 amide bonds. The molecule has 0 N–H and O–H groups in total. The molecule has 0 aromatic carbocycles. The van der Waals surface area contributed by atoms with Gasteiger partial charge in [-0.05, 0) is 17.9 Å². The zero-order valence-electron chi connectivity index (χ0n) is 13.7. The molecule has 1 aliphatic carbocycles. The van der Waals surface area contributed by atoms with Crippen LogP contribution in [0.2, 0.25) is 0 Å². The van der Waals surface area contributed by atoms with E-state index in [2.05, 4.69) is 4.98 Å². The lowest BCUT2D eigenvalue weighted by Gasteiger charge is -2.16. The molecule has 3 aromatic rings. The molecule has 25 heavy (non-hydrogen) atoms. The molecule has 0 unspecified atom stereocenters. The number of thiophene rings is 1. The number of hydrogen-bond acceptors (Lipinski definition) is 6. The molecule has 7 heteroatoms. The minimum absolute atomic E-state index is 0.000361. The number of carbonyl (C=O) groups excluding carboxylic acids is 2. The number of ketones is 1. The summed E-state index contributed by atoms with van der Waals surface area (Å²) in [6, 6.07) is 4.03. The first-order valence-corrected chi connectivity index (χ1v) is 9.76. The lowest BCUT2D eigenvalue weighted by atomic mass is 9.94. The smallest absolute Gasteiger partial charge is 0.257 e. The minimum atomic E-state index is -0.203. The van der Waals surface area contributed by atoms with Crippen LogP contribution >= 0.6 is 22.7 Å². The van der Waals surface area contributed by atoms with Crippen molar-refractivity contribution in [3.8, 4) is 9.88 Å². The van der Waals surface area contributed by atoms with Crippen molar-refractivity contribution in [2.45, 2.75) is 25.8 Å². The number of fused-ring (bicyclic) bond motifs is 1. The van der Waals surface area contributed by atoms with Gasteiger partial charge in [0.1, 0.15) is 17.0 Å². The van der Waals surface area contributed by atoms with E-state index >= 15 is 0 Å². The molecular formula is C18H16N2O3S2. The van der Waals surface area contributed by atoms with Gasteiger partial charge < -0.3 is 9.32 Å². The molecule has 0 saturated carbocycles. The summed E-state index contributed by atoms with van der Waals surface area (Å²) in [6.45, 7) is 0.398. The predicted octanol–water partition coefficient (Wildman–Crippen LogP) is 4.26. The molecule has 0 saturated heterocycles. The van der Waals surface area contributed by atoms with Crippen molar-refractivity contribution in [2.24, 2.45) is 0 Å². The Balaban J connectivity index is 1.52. The van der Waals surface area contributed by atoms with Gasteiger partial charge in [0.2, 0.25) is 0 Å². The van der Waals surface area contributed by atoms with Gasteiger partial charge in [-0.2, -0.15) is 0 Å². The fourth-order valence-corrected chi connectivity index (χ4v) is 4.62. The number of nitrogens with zero attached hydrogens (tertiary/aromatic N) is 2. The van der Waals surface area contributed by atoms with Crippen molar-refractivity contribution in [2.75, 3.05) is 7.05 Å². The molecule has 0 bridgehead atoms. The number of amides is 1. The summed E-state index contributed by atoms with van der Waals surface area (Å²) in [5.41, 5.74) is 1.68. The molecule has 0 atom stereocenters. The van der Waals surface area contributed by atoms with Crippen LogP contribution in [0, 0.1) is 0 Å². The second-order valence-corrected chi connectivity index (χ2v) is 7.81. The molecule has 0 radical (unpaired) electrons. The Morgan fingerprint density at radius 1 is 1.36 bits per heavy atom. The van der Waals surface area contributed by atoms with Crippen molar-refractivity contribution < 1.29 is 14.0 Å². The topological polar surface area (TPSA) is 63.4 Å². The summed E-state index contributed by atoms with van der Waals surface area (Å²) >= 11 is 3.22. The lowest BCUT2D eigenvalue weighted by molar-refractivity contribution is 0.0777. The molecule has 3 heterocycles. The maximum atomic E-state index is 12.8. The van der Waals surface area contributed by atoms with Gasteiger partial charge in [-0.1, -0.05) is 6.07 Å². The second-order valence-electron chi connectivity index (χ2n) is 6.01. The maximum absolute atomic E-state index is 12.8. The van der Waals surface area contributed by atoms with Gasteiger partial charge in [-0.3, -0.25) is 9.59 Å². The number of furan rings is 1. The Bertz CT molecular complexity index is 924. The van der Waals surface area contributed by atoms with Crippen LogP contribution in [0.5, 0.6) is 0 Å². The molecule has 5 nitrogen and oxygen atoms in total. The highest BCUT2D eigenvalue weighted by atomic mass is 32.1. The van der Waals surface area contributed by atoms with Crippen LogP contribution in [0.4, 0.5) is 0 Å². The van der Waals surface area contributed by atoms with Gasteiger partial charge in [0.05, 0.1) is 28.2 Å². The van der Waals surface area contributed by atoms with E-state index in [1.54, 1.807) is 34.6 Å². The zero-order valence-corrected chi connectivity index (χ0v) is 15.3. The van der Waals surface area contributed by atoms with Gasteiger partial charge in [0.25, 0.3) is 5.91 Å². The first kappa shape index (κ1) is 16.2. The number of carbonyl (C=O) groups is 2. The van der Waals surface area contributed by atoms with E-state index < -0.39 is 0 Å². The quantitative estimate of drug-likeness (QED) is 0.687. The highest BCUT2D eigenvalue weighted by Crippen LogP contribution is 2.29. The first-order valence-electron chi connectivity index (χ1n) is 8.01. The monoisotopic (exact) mass is 372 g/mol. The third-order valence-electron chi connectivity index (χ3n) is 4.21. The van der Waals surface area contributed by atoms with Crippen LogP contribution in [-0.2, 0) is 13.0 Å². The third-order valence-corrected chi connectivity index (χ3v) is 6.14. The normalized spacial score (nSPS) is 13.7. The summed E-state index contributed by atoms with van der Waals surface area (Å²) < 4.78 is 5.45. The molecular weight excluding hydrogens is 356 g/mol. The van der Waals surface area contributed by atoms with Gasteiger partial charge in [-0.25, -0.2) is 4.98 Å². The highest BCUT2D eigenvalue weighted by molar-refractivity contribution is 7.20. The second kappa shape index (κ2) is 6.57. The Morgan fingerprint density at radius 3 is 3.04 bits per heavy atom. The molecule has 128 valence electrons. The van der Waals surface area contributed by atoms with E-state index in [1.807, 2.05) is 22.9 Å². The van der Waals surface area contributed by atoms with Crippen LogP contribution in [0.3, 0.4) is 0 Å². The molecule has 0 spiro atoms. The van der Waals surface area contributed by atoms with Crippen LogP contribution in [0.15, 0.2) is 33.6 Å². The van der Waals surface area contributed by atoms with Crippen LogP contribution in [0.1, 0.15) is 45.0 Å². The van der Waals surface area contributed by atoms with Crippen molar-refractivity contribution >= 4 is 34.4 Å². The maximum Gasteiger partial charge on any atom is 0.257 e. The number of rotatable bonds is 4. The molecule has 0 fully saturated rings. The van der Waals surface area contributed by atoms with Crippen LogP contribution in [-0.4, -0.2) is 28.6 Å². The third kappa shape index (κ3) is 3.05. The van der Waals surface area contributed by atoms with Crippen molar-refractivity contribution in [1.82, 2.24) is 9.88 Å². The van der Waals surface area contributed by atoms with Gasteiger partial charge in [0.15, 0.2) is 5.78 Å². The van der Waals surface area contributed by atoms with Gasteiger partial charge in [-0.15, -0.1) is 22.7 Å². The van der Waals surface area contributed by atoms with E-state index in [-0.39, 0.29) is 11.7 Å². The van der Waals surface area contributed by atoms with Crippen LogP contribution < -0.4 is 0 Å². The summed E-state index contributed by atoms with van der Waals surface area (Å²) in [7, 11) is 1.72. The minimum Gasteiger partial charge on any atom is -0.468 e. The lowest BCUT2D eigenvalue weighted by Crippen LogP contribution is -2.28. The van der Waals surface area contributed by atoms with E-state index in [0.717, 1.165) is 22.0 Å². The summed E-state index contributed by atoms with van der Waals surface area (Å²) in [5.74, 6) is 0.438.